The van der Waals surface area contributed by atoms with Gasteiger partial charge in [-0.1, -0.05) is 18.2 Å². The zero-order valence-electron chi connectivity index (χ0n) is 10.0. The summed E-state index contributed by atoms with van der Waals surface area (Å²) in [5.41, 5.74) is 6.50. The van der Waals surface area contributed by atoms with E-state index >= 15 is 0 Å². The topological polar surface area (TPSA) is 52.3 Å². The fraction of sp³-hybridized carbons (Fsp3) is 0.357. The molecule has 0 radical (unpaired) electrons. The first-order valence-electron chi connectivity index (χ1n) is 6.20. The van der Waals surface area contributed by atoms with Crippen LogP contribution in [0.3, 0.4) is 0 Å². The van der Waals surface area contributed by atoms with Gasteiger partial charge >= 0.3 is 0 Å². The number of hydrogen-bond acceptors (Lipinski definition) is 3. The first-order chi connectivity index (χ1) is 8.77. The molecule has 1 saturated heterocycles. The van der Waals surface area contributed by atoms with E-state index < -0.39 is 0 Å². The molecule has 0 spiro atoms. The van der Waals surface area contributed by atoms with E-state index in [1.807, 2.05) is 24.3 Å². The van der Waals surface area contributed by atoms with Crippen LogP contribution >= 0.6 is 11.3 Å². The Labute approximate surface area is 110 Å². The molecule has 1 aromatic heterocycles. The largest absolute Gasteiger partial charge is 0.373 e. The molecule has 0 aliphatic carbocycles. The molecule has 94 valence electrons. The molecular weight excluding hydrogens is 246 g/mol. The average molecular weight is 261 g/mol. The Balaban J connectivity index is 2.17. The summed E-state index contributed by atoms with van der Waals surface area (Å²) < 4.78 is 6.93. The summed E-state index contributed by atoms with van der Waals surface area (Å²) in [4.78, 5) is 12.3. The number of hydrogen-bond donors (Lipinski definition) is 1. The lowest BCUT2D eigenvalue weighted by Gasteiger charge is -2.23. The first-order valence-corrected chi connectivity index (χ1v) is 7.02. The van der Waals surface area contributed by atoms with Crippen molar-refractivity contribution in [3.63, 3.8) is 0 Å². The Bertz CT molecular complexity index is 584. The zero-order valence-corrected chi connectivity index (χ0v) is 10.8. The first kappa shape index (κ1) is 11.7. The summed E-state index contributed by atoms with van der Waals surface area (Å²) in [7, 11) is 0. The second-order valence-corrected chi connectivity index (χ2v) is 5.61. The van der Waals surface area contributed by atoms with Crippen molar-refractivity contribution < 1.29 is 9.53 Å². The molecular formula is C14H15NO2S. The van der Waals surface area contributed by atoms with Crippen molar-refractivity contribution in [1.29, 1.82) is 0 Å². The quantitative estimate of drug-likeness (QED) is 0.902. The maximum atomic E-state index is 11.6. The zero-order chi connectivity index (χ0) is 12.5. The highest BCUT2D eigenvalue weighted by atomic mass is 32.1. The number of carbonyl (C=O) groups is 1. The Morgan fingerprint density at radius 3 is 2.89 bits per heavy atom. The summed E-state index contributed by atoms with van der Waals surface area (Å²) in [6.45, 7) is 0.771. The summed E-state index contributed by atoms with van der Waals surface area (Å²) >= 11 is 1.47. The van der Waals surface area contributed by atoms with Crippen LogP contribution in [0.25, 0.3) is 10.1 Å². The minimum Gasteiger partial charge on any atom is -0.373 e. The van der Waals surface area contributed by atoms with Gasteiger partial charge in [0.05, 0.1) is 11.0 Å². The average Bonchev–Trinajstić information content (AvgIpc) is 2.79. The van der Waals surface area contributed by atoms with Crippen molar-refractivity contribution in [2.45, 2.75) is 25.4 Å². The number of benzene rings is 1. The van der Waals surface area contributed by atoms with Gasteiger partial charge in [0.2, 0.25) is 0 Å². The Morgan fingerprint density at radius 2 is 2.17 bits per heavy atom. The van der Waals surface area contributed by atoms with Gasteiger partial charge in [-0.3, -0.25) is 4.79 Å². The highest BCUT2D eigenvalue weighted by Gasteiger charge is 2.25. The van der Waals surface area contributed by atoms with Gasteiger partial charge in [0.15, 0.2) is 0 Å². The predicted molar refractivity (Wildman–Crippen MR) is 72.9 cm³/mol. The number of carbonyl (C=O) groups excluding carboxylic acids is 1. The molecule has 3 rings (SSSR count). The lowest BCUT2D eigenvalue weighted by atomic mass is 9.98. The lowest BCUT2D eigenvalue weighted by molar-refractivity contribution is 0.0156. The van der Waals surface area contributed by atoms with Crippen LogP contribution in [0.2, 0.25) is 0 Å². The van der Waals surface area contributed by atoms with E-state index in [0.717, 1.165) is 41.5 Å². The van der Waals surface area contributed by atoms with Crippen LogP contribution in [0.4, 0.5) is 0 Å². The van der Waals surface area contributed by atoms with Crippen molar-refractivity contribution in [3.05, 3.63) is 34.7 Å². The maximum Gasteiger partial charge on any atom is 0.259 e. The van der Waals surface area contributed by atoms with Gasteiger partial charge in [-0.2, -0.15) is 0 Å². The minimum atomic E-state index is -0.347. The van der Waals surface area contributed by atoms with Gasteiger partial charge in [0.1, 0.15) is 0 Å². The van der Waals surface area contributed by atoms with E-state index in [1.54, 1.807) is 0 Å². The second kappa shape index (κ2) is 4.71. The van der Waals surface area contributed by atoms with Gasteiger partial charge in [-0.05, 0) is 30.7 Å². The summed E-state index contributed by atoms with van der Waals surface area (Å²) in [6.07, 6.45) is 3.25. The third kappa shape index (κ3) is 1.91. The van der Waals surface area contributed by atoms with Gasteiger partial charge in [-0.15, -0.1) is 11.3 Å². The summed E-state index contributed by atoms with van der Waals surface area (Å²) in [5.74, 6) is -0.347. The molecule has 0 bridgehead atoms. The second-order valence-electron chi connectivity index (χ2n) is 4.56. The molecule has 4 heteroatoms. The lowest BCUT2D eigenvalue weighted by Crippen LogP contribution is -2.17. The van der Waals surface area contributed by atoms with E-state index in [0.29, 0.717) is 4.88 Å². The van der Waals surface area contributed by atoms with Crippen LogP contribution in [0, 0.1) is 0 Å². The number of ether oxygens (including phenoxy) is 1. The molecule has 2 N–H and O–H groups in total. The normalized spacial score (nSPS) is 20.1. The van der Waals surface area contributed by atoms with Crippen LogP contribution in [0.1, 0.15) is 40.6 Å². The highest BCUT2D eigenvalue weighted by Crippen LogP contribution is 2.39. The molecule has 0 unspecified atom stereocenters. The van der Waals surface area contributed by atoms with Gasteiger partial charge < -0.3 is 10.5 Å². The molecule has 1 atom stereocenters. The molecule has 1 amide bonds. The summed E-state index contributed by atoms with van der Waals surface area (Å²) in [5, 5.41) is 1.11. The van der Waals surface area contributed by atoms with Gasteiger partial charge in [-0.25, -0.2) is 0 Å². The third-order valence-electron chi connectivity index (χ3n) is 3.36. The molecule has 1 fully saturated rings. The maximum absolute atomic E-state index is 11.6. The van der Waals surface area contributed by atoms with Crippen molar-refractivity contribution in [3.8, 4) is 0 Å². The SMILES string of the molecule is NC(=O)c1sc2ccccc2c1[C@@H]1CCCCO1. The van der Waals surface area contributed by atoms with Crippen molar-refractivity contribution in [1.82, 2.24) is 0 Å². The molecule has 2 heterocycles. The summed E-state index contributed by atoms with van der Waals surface area (Å²) in [6, 6.07) is 8.05. The Kier molecular flexibility index (Phi) is 3.06. The molecule has 3 nitrogen and oxygen atoms in total. The molecule has 2 aromatic rings. The minimum absolute atomic E-state index is 0.0254. The van der Waals surface area contributed by atoms with Crippen molar-refractivity contribution >= 4 is 27.3 Å². The fourth-order valence-electron chi connectivity index (χ4n) is 2.54. The van der Waals surface area contributed by atoms with E-state index in [9.17, 15) is 4.79 Å². The third-order valence-corrected chi connectivity index (χ3v) is 4.56. The van der Waals surface area contributed by atoms with E-state index in [1.165, 1.54) is 11.3 Å². The molecule has 0 saturated carbocycles. The van der Waals surface area contributed by atoms with E-state index in [-0.39, 0.29) is 12.0 Å². The highest BCUT2D eigenvalue weighted by molar-refractivity contribution is 7.21. The number of thiophene rings is 1. The van der Waals surface area contributed by atoms with Crippen LogP contribution < -0.4 is 5.73 Å². The number of primary amides is 1. The van der Waals surface area contributed by atoms with E-state index in [4.69, 9.17) is 10.5 Å². The Hall–Kier alpha value is -1.39. The standard InChI is InChI=1S/C14H15NO2S/c15-14(16)13-12(10-6-3-4-8-17-10)9-5-1-2-7-11(9)18-13/h1-2,5,7,10H,3-4,6,8H2,(H2,15,16)/t10-/m0/s1. The Morgan fingerprint density at radius 1 is 1.33 bits per heavy atom. The molecule has 1 aliphatic rings. The van der Waals surface area contributed by atoms with Crippen LogP contribution in [0.15, 0.2) is 24.3 Å². The number of rotatable bonds is 2. The molecule has 1 aromatic carbocycles. The molecule has 18 heavy (non-hydrogen) atoms. The van der Waals surface area contributed by atoms with Crippen LogP contribution in [-0.2, 0) is 4.74 Å². The van der Waals surface area contributed by atoms with Gasteiger partial charge in [0.25, 0.3) is 5.91 Å². The monoisotopic (exact) mass is 261 g/mol. The predicted octanol–water partition coefficient (Wildman–Crippen LogP) is 3.24. The van der Waals surface area contributed by atoms with Gasteiger partial charge in [0, 0.05) is 16.9 Å². The van der Waals surface area contributed by atoms with Crippen molar-refractivity contribution in [2.24, 2.45) is 5.73 Å². The number of amides is 1. The number of nitrogens with two attached hydrogens (primary N) is 1. The smallest absolute Gasteiger partial charge is 0.259 e. The van der Waals surface area contributed by atoms with Crippen LogP contribution in [0.5, 0.6) is 0 Å². The fourth-order valence-corrected chi connectivity index (χ4v) is 3.64. The molecule has 1 aliphatic heterocycles. The number of fused-ring (bicyclic) bond motifs is 1. The van der Waals surface area contributed by atoms with E-state index in [2.05, 4.69) is 0 Å². The van der Waals surface area contributed by atoms with Crippen LogP contribution in [-0.4, -0.2) is 12.5 Å². The van der Waals surface area contributed by atoms with Crippen molar-refractivity contribution in [2.75, 3.05) is 6.61 Å².